The maximum absolute atomic E-state index is 14.0. The molecule has 7 rings (SSSR count). The first-order valence-electron chi connectivity index (χ1n) is 11.2. The van der Waals surface area contributed by atoms with E-state index in [9.17, 15) is 30.0 Å². The highest BCUT2D eigenvalue weighted by Crippen LogP contribution is 2.78. The molecule has 3 saturated heterocycles. The molecule has 0 aromatic carbocycles. The molecular formula is C22H30O9. The molecule has 3 spiro atoms. The maximum Gasteiger partial charge on any atom is 0.302 e. The molecule has 0 radical (unpaired) electrons. The summed E-state index contributed by atoms with van der Waals surface area (Å²) in [6, 6.07) is 0. The lowest BCUT2D eigenvalue weighted by Crippen LogP contribution is -2.87. The van der Waals surface area contributed by atoms with E-state index in [4.69, 9.17) is 14.2 Å². The van der Waals surface area contributed by atoms with Gasteiger partial charge in [0.15, 0.2) is 11.4 Å². The number of Topliss-reactive ketones (excluding diaryl/α,β-unsaturated/α-hetero) is 1. The van der Waals surface area contributed by atoms with E-state index in [0.717, 1.165) is 0 Å². The molecule has 0 aromatic heterocycles. The van der Waals surface area contributed by atoms with Gasteiger partial charge in [-0.3, -0.25) is 9.59 Å². The Bertz CT molecular complexity index is 882. The molecule has 3 heterocycles. The Balaban J connectivity index is 1.66. The van der Waals surface area contributed by atoms with Crippen molar-refractivity contribution in [2.75, 3.05) is 13.2 Å². The summed E-state index contributed by atoms with van der Waals surface area (Å²) in [6.45, 7) is 5.22. The Morgan fingerprint density at radius 1 is 1.10 bits per heavy atom. The number of aliphatic hydroxyl groups is 4. The number of hydrogen-bond donors (Lipinski definition) is 4. The van der Waals surface area contributed by atoms with Crippen LogP contribution in [-0.2, 0) is 23.8 Å². The molecule has 4 N–H and O–H groups in total. The summed E-state index contributed by atoms with van der Waals surface area (Å²) in [6.07, 6.45) is -3.44. The van der Waals surface area contributed by atoms with Gasteiger partial charge in [0.25, 0.3) is 0 Å². The average molecular weight is 438 g/mol. The molecule has 172 valence electrons. The van der Waals surface area contributed by atoms with Crippen LogP contribution < -0.4 is 0 Å². The minimum atomic E-state index is -2.37. The molecule has 4 saturated carbocycles. The van der Waals surface area contributed by atoms with Crippen molar-refractivity contribution in [3.8, 4) is 0 Å². The maximum atomic E-state index is 14.0. The van der Waals surface area contributed by atoms with E-state index < -0.39 is 81.6 Å². The van der Waals surface area contributed by atoms with Crippen LogP contribution in [0.15, 0.2) is 0 Å². The van der Waals surface area contributed by atoms with Crippen LogP contribution in [0.3, 0.4) is 0 Å². The van der Waals surface area contributed by atoms with Gasteiger partial charge in [-0.25, -0.2) is 0 Å². The Kier molecular flexibility index (Phi) is 3.64. The van der Waals surface area contributed by atoms with E-state index in [1.807, 2.05) is 13.8 Å². The van der Waals surface area contributed by atoms with E-state index in [2.05, 4.69) is 0 Å². The number of carbonyl (C=O) groups excluding carboxylic acids is 2. The number of fused-ring (bicyclic) bond motifs is 3. The Morgan fingerprint density at radius 2 is 1.77 bits per heavy atom. The van der Waals surface area contributed by atoms with Crippen molar-refractivity contribution in [2.24, 2.45) is 34.0 Å². The van der Waals surface area contributed by atoms with Crippen molar-refractivity contribution < 1.29 is 44.2 Å². The molecule has 9 nitrogen and oxygen atoms in total. The van der Waals surface area contributed by atoms with Crippen molar-refractivity contribution in [2.45, 2.75) is 75.8 Å². The molecule has 11 atom stereocenters. The predicted molar refractivity (Wildman–Crippen MR) is 101 cm³/mol. The van der Waals surface area contributed by atoms with Crippen LogP contribution in [0.1, 0.15) is 40.0 Å². The number of ketones is 1. The van der Waals surface area contributed by atoms with Crippen LogP contribution in [-0.4, -0.2) is 81.2 Å². The lowest BCUT2D eigenvalue weighted by atomic mass is 9.35. The third-order valence-electron chi connectivity index (χ3n) is 9.86. The van der Waals surface area contributed by atoms with Crippen LogP contribution in [0.2, 0.25) is 0 Å². The minimum absolute atomic E-state index is 0.0987. The number of aliphatic hydroxyl groups excluding tert-OH is 3. The first-order valence-corrected chi connectivity index (χ1v) is 11.2. The molecule has 9 heteroatoms. The standard InChI is InChI=1S/C22H30O9/c1-9(23)31-11-6-10-15(25)21(17(27)20(10)8-29-20)13(11)19-7-30-22(21,28)16(26)14(19)18(2,3)5-4-12(19)24/h10-16,24-26,28H,4-8H2,1-3H3/t10-,11-,12-,13?,14?,15+,16-,19-,20+,21+,22-/m0/s1. The molecular weight excluding hydrogens is 408 g/mol. The lowest BCUT2D eigenvalue weighted by molar-refractivity contribution is -0.465. The number of carbonyl (C=O) groups is 2. The van der Waals surface area contributed by atoms with Crippen LogP contribution in [0.25, 0.3) is 0 Å². The van der Waals surface area contributed by atoms with Crippen molar-refractivity contribution in [1.82, 2.24) is 0 Å². The van der Waals surface area contributed by atoms with Gasteiger partial charge in [-0.15, -0.1) is 0 Å². The zero-order valence-electron chi connectivity index (χ0n) is 17.9. The van der Waals surface area contributed by atoms with Gasteiger partial charge < -0.3 is 34.6 Å². The van der Waals surface area contributed by atoms with Gasteiger partial charge in [-0.05, 0) is 24.7 Å². The van der Waals surface area contributed by atoms with Crippen LogP contribution in [0.4, 0.5) is 0 Å². The largest absolute Gasteiger partial charge is 0.462 e. The van der Waals surface area contributed by atoms with Gasteiger partial charge in [0.05, 0.1) is 25.4 Å². The molecule has 7 aliphatic rings. The number of epoxide rings is 1. The van der Waals surface area contributed by atoms with Gasteiger partial charge in [0, 0.05) is 30.1 Å². The van der Waals surface area contributed by atoms with E-state index in [1.165, 1.54) is 6.92 Å². The van der Waals surface area contributed by atoms with E-state index in [1.54, 1.807) is 0 Å². The highest BCUT2D eigenvalue weighted by atomic mass is 16.7. The van der Waals surface area contributed by atoms with Crippen LogP contribution in [0, 0.1) is 34.0 Å². The first-order chi connectivity index (χ1) is 14.4. The quantitative estimate of drug-likeness (QED) is 0.303. The SMILES string of the molecule is CC(=O)O[C@H]1C[C@H]2[C@@H](O)[C@@]3(C(=O)[C@@]24CO4)C1[C@@]12CO[C@@]3(O)[C@@H](O)C1C(C)(C)CC[C@@H]2O. The smallest absolute Gasteiger partial charge is 0.302 e. The number of rotatable bonds is 1. The zero-order chi connectivity index (χ0) is 22.4. The zero-order valence-corrected chi connectivity index (χ0v) is 17.9. The van der Waals surface area contributed by atoms with Crippen LogP contribution >= 0.6 is 0 Å². The fourth-order valence-electron chi connectivity index (χ4n) is 8.84. The van der Waals surface area contributed by atoms with Crippen molar-refractivity contribution in [3.63, 3.8) is 0 Å². The molecule has 4 aliphatic carbocycles. The third-order valence-corrected chi connectivity index (χ3v) is 9.86. The summed E-state index contributed by atoms with van der Waals surface area (Å²) in [5.41, 5.74) is -4.89. The fraction of sp³-hybridized carbons (Fsp3) is 0.909. The molecule has 7 fully saturated rings. The van der Waals surface area contributed by atoms with Crippen LogP contribution in [0.5, 0.6) is 0 Å². The summed E-state index contributed by atoms with van der Waals surface area (Å²) in [4.78, 5) is 26.1. The van der Waals surface area contributed by atoms with Crippen molar-refractivity contribution in [1.29, 1.82) is 0 Å². The highest BCUT2D eigenvalue weighted by Gasteiger charge is 2.93. The monoisotopic (exact) mass is 438 g/mol. The summed E-state index contributed by atoms with van der Waals surface area (Å²) < 4.78 is 17.2. The van der Waals surface area contributed by atoms with Crippen molar-refractivity contribution in [3.05, 3.63) is 0 Å². The molecule has 3 aliphatic heterocycles. The van der Waals surface area contributed by atoms with Gasteiger partial charge >= 0.3 is 5.97 Å². The number of hydrogen-bond acceptors (Lipinski definition) is 9. The summed E-state index contributed by atoms with van der Waals surface area (Å²) in [5.74, 6) is -5.64. The summed E-state index contributed by atoms with van der Waals surface area (Å²) >= 11 is 0. The molecule has 2 unspecified atom stereocenters. The summed E-state index contributed by atoms with van der Waals surface area (Å²) in [7, 11) is 0. The Labute approximate surface area is 179 Å². The second kappa shape index (κ2) is 5.51. The average Bonchev–Trinajstić information content (AvgIpc) is 3.47. The third kappa shape index (κ3) is 1.86. The van der Waals surface area contributed by atoms with Gasteiger partial charge in [0.2, 0.25) is 5.79 Å². The normalized spacial score (nSPS) is 60.5. The number of ether oxygens (including phenoxy) is 3. The predicted octanol–water partition coefficient (Wildman–Crippen LogP) is -0.870. The van der Waals surface area contributed by atoms with Gasteiger partial charge in [-0.1, -0.05) is 13.8 Å². The highest BCUT2D eigenvalue weighted by molar-refractivity contribution is 6.00. The second-order valence-electron chi connectivity index (χ2n) is 11.4. The first kappa shape index (κ1) is 20.5. The Morgan fingerprint density at radius 3 is 2.39 bits per heavy atom. The van der Waals surface area contributed by atoms with Crippen molar-refractivity contribution >= 4 is 11.8 Å². The molecule has 0 amide bonds. The summed E-state index contributed by atoms with van der Waals surface area (Å²) in [5, 5.41) is 46.4. The van der Waals surface area contributed by atoms with Gasteiger partial charge in [0.1, 0.15) is 17.6 Å². The van der Waals surface area contributed by atoms with E-state index in [0.29, 0.717) is 12.8 Å². The molecule has 31 heavy (non-hydrogen) atoms. The lowest BCUT2D eigenvalue weighted by Gasteiger charge is -2.75. The van der Waals surface area contributed by atoms with E-state index in [-0.39, 0.29) is 19.6 Å². The second-order valence-corrected chi connectivity index (χ2v) is 11.4. The minimum Gasteiger partial charge on any atom is -0.462 e. The molecule has 0 aromatic rings. The molecule has 4 bridgehead atoms. The Hall–Kier alpha value is -1.10. The van der Waals surface area contributed by atoms with E-state index >= 15 is 0 Å². The van der Waals surface area contributed by atoms with Gasteiger partial charge in [-0.2, -0.15) is 0 Å². The topological polar surface area (TPSA) is 146 Å². The fourth-order valence-corrected chi connectivity index (χ4v) is 8.84. The number of esters is 1.